The number of hydrogen-bond donors (Lipinski definition) is 2. The first-order chi connectivity index (χ1) is 12.0. The van der Waals surface area contributed by atoms with E-state index in [1.165, 1.54) is 18.2 Å². The van der Waals surface area contributed by atoms with Gasteiger partial charge in [-0.25, -0.2) is 0 Å². The Morgan fingerprint density at radius 1 is 1.00 bits per heavy atom. The Kier molecular flexibility index (Phi) is 5.26. The monoisotopic (exact) mass is 378 g/mol. The van der Waals surface area contributed by atoms with Crippen molar-refractivity contribution in [2.24, 2.45) is 0 Å². The molecule has 140 valence electrons. The van der Waals surface area contributed by atoms with Crippen LogP contribution in [-0.4, -0.2) is 22.2 Å². The first-order valence-corrected chi connectivity index (χ1v) is 7.11. The van der Waals surface area contributed by atoms with Gasteiger partial charge in [-0.05, 0) is 12.1 Å². The average Bonchev–Trinajstić information content (AvgIpc) is 2.58. The van der Waals surface area contributed by atoms with Crippen LogP contribution >= 0.6 is 0 Å². The summed E-state index contributed by atoms with van der Waals surface area (Å²) >= 11 is 0. The van der Waals surface area contributed by atoms with Crippen LogP contribution in [0.15, 0.2) is 48.7 Å². The van der Waals surface area contributed by atoms with E-state index < -0.39 is 41.5 Å². The number of pyridine rings is 1. The van der Waals surface area contributed by atoms with E-state index in [2.05, 4.69) is 4.98 Å². The Bertz CT molecular complexity index is 776. The van der Waals surface area contributed by atoms with E-state index in [9.17, 15) is 36.2 Å². The van der Waals surface area contributed by atoms with Crippen molar-refractivity contribution in [1.82, 2.24) is 10.3 Å². The topological polar surface area (TPSA) is 62.2 Å². The maximum absolute atomic E-state index is 13.3. The number of nitrogens with zero attached hydrogens (tertiary/aromatic N) is 1. The second-order valence-corrected chi connectivity index (χ2v) is 5.29. The van der Waals surface area contributed by atoms with Gasteiger partial charge in [0.25, 0.3) is 11.5 Å². The van der Waals surface area contributed by atoms with E-state index in [0.29, 0.717) is 12.1 Å². The number of benzene rings is 1. The Morgan fingerprint density at radius 3 is 2.15 bits per heavy atom. The average molecular weight is 378 g/mol. The summed E-state index contributed by atoms with van der Waals surface area (Å²) in [7, 11) is 0. The molecule has 0 saturated heterocycles. The fraction of sp³-hybridized carbons (Fsp3) is 0.250. The molecule has 0 bridgehead atoms. The van der Waals surface area contributed by atoms with Crippen LogP contribution in [0.5, 0.6) is 0 Å². The van der Waals surface area contributed by atoms with Gasteiger partial charge in [-0.3, -0.25) is 9.78 Å². The van der Waals surface area contributed by atoms with Gasteiger partial charge in [0.15, 0.2) is 0 Å². The van der Waals surface area contributed by atoms with Crippen LogP contribution in [0, 0.1) is 0 Å². The highest BCUT2D eigenvalue weighted by Crippen LogP contribution is 2.39. The molecule has 0 aliphatic rings. The number of aliphatic hydroxyl groups is 1. The molecule has 0 fully saturated rings. The van der Waals surface area contributed by atoms with Gasteiger partial charge >= 0.3 is 12.4 Å². The summed E-state index contributed by atoms with van der Waals surface area (Å²) in [5, 5.41) is 11.8. The third-order valence-electron chi connectivity index (χ3n) is 3.50. The maximum Gasteiger partial charge on any atom is 0.430 e. The summed E-state index contributed by atoms with van der Waals surface area (Å²) < 4.78 is 77.8. The molecule has 1 amide bonds. The molecule has 2 aromatic rings. The predicted octanol–water partition coefficient (Wildman–Crippen LogP) is 3.17. The van der Waals surface area contributed by atoms with Crippen molar-refractivity contribution in [1.29, 1.82) is 0 Å². The van der Waals surface area contributed by atoms with E-state index in [0.717, 1.165) is 18.3 Å². The fourth-order valence-corrected chi connectivity index (χ4v) is 2.15. The molecule has 0 aliphatic carbocycles. The van der Waals surface area contributed by atoms with Crippen molar-refractivity contribution in [3.63, 3.8) is 0 Å². The maximum atomic E-state index is 13.3. The molecule has 1 heterocycles. The summed E-state index contributed by atoms with van der Waals surface area (Å²) in [5.41, 5.74) is -5.95. The Morgan fingerprint density at radius 2 is 1.62 bits per heavy atom. The zero-order valence-electron chi connectivity index (χ0n) is 12.9. The number of halogens is 6. The fourth-order valence-electron chi connectivity index (χ4n) is 2.15. The van der Waals surface area contributed by atoms with Crippen molar-refractivity contribution in [2.45, 2.75) is 24.5 Å². The lowest BCUT2D eigenvalue weighted by molar-refractivity contribution is -0.257. The number of alkyl halides is 6. The van der Waals surface area contributed by atoms with Gasteiger partial charge in [0.2, 0.25) is 0 Å². The summed E-state index contributed by atoms with van der Waals surface area (Å²) in [6.45, 7) is -0.728. The molecular formula is C16H12F6N2O2. The number of rotatable bonds is 4. The van der Waals surface area contributed by atoms with Gasteiger partial charge in [0, 0.05) is 11.8 Å². The van der Waals surface area contributed by atoms with Crippen molar-refractivity contribution in [2.75, 3.05) is 0 Å². The van der Waals surface area contributed by atoms with Crippen LogP contribution in [0.25, 0.3) is 0 Å². The van der Waals surface area contributed by atoms with Crippen LogP contribution in [0.2, 0.25) is 0 Å². The SMILES string of the molecule is O=C(NCc1cc(C(F)(F)F)ccn1)[C@@](O)(c1ccccc1)C(F)(F)F. The zero-order chi connectivity index (χ0) is 19.6. The lowest BCUT2D eigenvalue weighted by atomic mass is 9.92. The zero-order valence-corrected chi connectivity index (χ0v) is 12.9. The quantitative estimate of drug-likeness (QED) is 0.804. The highest BCUT2D eigenvalue weighted by atomic mass is 19.4. The van der Waals surface area contributed by atoms with Gasteiger partial charge in [-0.1, -0.05) is 30.3 Å². The molecule has 0 unspecified atom stereocenters. The number of carbonyl (C=O) groups is 1. The van der Waals surface area contributed by atoms with Crippen LogP contribution < -0.4 is 5.32 Å². The van der Waals surface area contributed by atoms with Gasteiger partial charge < -0.3 is 10.4 Å². The Balaban J connectivity index is 2.24. The van der Waals surface area contributed by atoms with E-state index in [4.69, 9.17) is 0 Å². The van der Waals surface area contributed by atoms with E-state index in [1.54, 1.807) is 5.32 Å². The van der Waals surface area contributed by atoms with Gasteiger partial charge in [-0.15, -0.1) is 0 Å². The van der Waals surface area contributed by atoms with Crippen molar-refractivity contribution in [3.05, 3.63) is 65.5 Å². The van der Waals surface area contributed by atoms with Crippen molar-refractivity contribution < 1.29 is 36.2 Å². The first-order valence-electron chi connectivity index (χ1n) is 7.11. The molecule has 0 saturated carbocycles. The standard InChI is InChI=1S/C16H12F6N2O2/c17-15(18,19)11-6-7-23-12(8-11)9-24-13(25)14(26,16(20,21)22)10-4-2-1-3-5-10/h1-8,26H,9H2,(H,24,25)/t14-/m0/s1. The molecule has 0 radical (unpaired) electrons. The van der Waals surface area contributed by atoms with Crippen LogP contribution in [0.1, 0.15) is 16.8 Å². The highest BCUT2D eigenvalue weighted by Gasteiger charge is 2.60. The summed E-state index contributed by atoms with van der Waals surface area (Å²) in [5.74, 6) is -1.82. The molecule has 0 spiro atoms. The molecular weight excluding hydrogens is 366 g/mol. The second kappa shape index (κ2) is 6.94. The molecule has 2 N–H and O–H groups in total. The van der Waals surface area contributed by atoms with Crippen LogP contribution in [-0.2, 0) is 23.1 Å². The molecule has 26 heavy (non-hydrogen) atoms. The van der Waals surface area contributed by atoms with Gasteiger partial charge in [0.05, 0.1) is 17.8 Å². The molecule has 10 heteroatoms. The molecule has 2 rings (SSSR count). The van der Waals surface area contributed by atoms with E-state index >= 15 is 0 Å². The number of hydrogen-bond acceptors (Lipinski definition) is 3. The van der Waals surface area contributed by atoms with E-state index in [-0.39, 0.29) is 5.69 Å². The van der Waals surface area contributed by atoms with Crippen molar-refractivity contribution >= 4 is 5.91 Å². The number of amides is 1. The molecule has 1 atom stereocenters. The molecule has 1 aromatic carbocycles. The molecule has 4 nitrogen and oxygen atoms in total. The minimum Gasteiger partial charge on any atom is -0.369 e. The minimum absolute atomic E-state index is 0.314. The Labute approximate surface area is 143 Å². The number of carbonyl (C=O) groups excluding carboxylic acids is 1. The van der Waals surface area contributed by atoms with Gasteiger partial charge in [-0.2, -0.15) is 26.3 Å². The summed E-state index contributed by atoms with van der Waals surface area (Å²) in [6, 6.07) is 6.90. The Hall–Kier alpha value is -2.62. The highest BCUT2D eigenvalue weighted by molar-refractivity contribution is 5.87. The summed E-state index contributed by atoms with van der Waals surface area (Å²) in [6.07, 6.45) is -9.20. The number of aromatic nitrogens is 1. The largest absolute Gasteiger partial charge is 0.430 e. The third-order valence-corrected chi connectivity index (χ3v) is 3.50. The molecule has 0 aliphatic heterocycles. The number of nitrogens with one attached hydrogen (secondary N) is 1. The van der Waals surface area contributed by atoms with Crippen LogP contribution in [0.3, 0.4) is 0 Å². The smallest absolute Gasteiger partial charge is 0.369 e. The lowest BCUT2D eigenvalue weighted by Gasteiger charge is -2.29. The van der Waals surface area contributed by atoms with Crippen molar-refractivity contribution in [3.8, 4) is 0 Å². The van der Waals surface area contributed by atoms with Gasteiger partial charge in [0.1, 0.15) is 0 Å². The third kappa shape index (κ3) is 3.96. The summed E-state index contributed by atoms with van der Waals surface area (Å²) in [4.78, 5) is 15.6. The minimum atomic E-state index is -5.35. The lowest BCUT2D eigenvalue weighted by Crippen LogP contribution is -2.54. The van der Waals surface area contributed by atoms with E-state index in [1.807, 2.05) is 0 Å². The normalized spacial score (nSPS) is 14.6. The van der Waals surface area contributed by atoms with Crippen LogP contribution in [0.4, 0.5) is 26.3 Å². The molecule has 1 aromatic heterocycles. The predicted molar refractivity (Wildman–Crippen MR) is 77.5 cm³/mol. The first kappa shape index (κ1) is 19.7. The second-order valence-electron chi connectivity index (χ2n) is 5.29.